The Morgan fingerprint density at radius 1 is 0.966 bits per heavy atom. The molecule has 0 aliphatic carbocycles. The fraction of sp³-hybridized carbons (Fsp3) is 0.227. The summed E-state index contributed by atoms with van der Waals surface area (Å²) in [6, 6.07) is 16.7. The number of piperidine rings is 1. The molecule has 0 bridgehead atoms. The molecule has 1 amide bonds. The second kappa shape index (κ2) is 8.93. The second-order valence-corrected chi connectivity index (χ2v) is 8.30. The van der Waals surface area contributed by atoms with Crippen LogP contribution in [-0.2, 0) is 0 Å². The summed E-state index contributed by atoms with van der Waals surface area (Å²) in [5.74, 6) is 0.679. The first-order valence-electron chi connectivity index (χ1n) is 9.56. The SMILES string of the molecule is O=C(Nc1ccc(-c2ccc(N3CCCCC3)nn2)cc1)c1cc(Br)ccc1Cl. The first-order valence-corrected chi connectivity index (χ1v) is 10.7. The number of nitrogens with zero attached hydrogens (tertiary/aromatic N) is 3. The van der Waals surface area contributed by atoms with Crippen LogP contribution in [0.4, 0.5) is 11.5 Å². The number of carbonyl (C=O) groups excluding carboxylic acids is 1. The van der Waals surface area contributed by atoms with E-state index >= 15 is 0 Å². The molecule has 1 N–H and O–H groups in total. The standard InChI is InChI=1S/C22H20BrClN4O/c23-16-6-9-19(24)18(14-16)22(29)25-17-7-4-15(5-8-17)20-10-11-21(27-26-20)28-12-2-1-3-13-28/h4-11,14H,1-3,12-13H2,(H,25,29). The summed E-state index contributed by atoms with van der Waals surface area (Å²) in [7, 11) is 0. The van der Waals surface area contributed by atoms with Gasteiger partial charge in [0.15, 0.2) is 5.82 Å². The fourth-order valence-corrected chi connectivity index (χ4v) is 3.93. The van der Waals surface area contributed by atoms with Gasteiger partial charge in [-0.15, -0.1) is 10.2 Å². The predicted octanol–water partition coefficient (Wildman–Crippen LogP) is 5.80. The van der Waals surface area contributed by atoms with Crippen LogP contribution < -0.4 is 10.2 Å². The lowest BCUT2D eigenvalue weighted by Gasteiger charge is -2.27. The summed E-state index contributed by atoms with van der Waals surface area (Å²) in [6.45, 7) is 2.09. The Hall–Kier alpha value is -2.44. The molecule has 0 saturated carbocycles. The van der Waals surface area contributed by atoms with E-state index in [-0.39, 0.29) is 5.91 Å². The van der Waals surface area contributed by atoms with Crippen molar-refractivity contribution in [1.82, 2.24) is 10.2 Å². The maximum Gasteiger partial charge on any atom is 0.257 e. The number of halogens is 2. The molecule has 1 aromatic heterocycles. The van der Waals surface area contributed by atoms with Gasteiger partial charge < -0.3 is 10.2 Å². The molecule has 4 rings (SSSR count). The van der Waals surface area contributed by atoms with Crippen LogP contribution >= 0.6 is 27.5 Å². The van der Waals surface area contributed by atoms with Gasteiger partial charge in [-0.3, -0.25) is 4.79 Å². The number of hydrogen-bond donors (Lipinski definition) is 1. The lowest BCUT2D eigenvalue weighted by Crippen LogP contribution is -2.30. The van der Waals surface area contributed by atoms with E-state index in [4.69, 9.17) is 11.6 Å². The van der Waals surface area contributed by atoms with Gasteiger partial charge >= 0.3 is 0 Å². The minimum Gasteiger partial charge on any atom is -0.355 e. The van der Waals surface area contributed by atoms with Gasteiger partial charge in [-0.25, -0.2) is 0 Å². The van der Waals surface area contributed by atoms with Crippen LogP contribution in [0.2, 0.25) is 5.02 Å². The van der Waals surface area contributed by atoms with E-state index in [1.807, 2.05) is 36.4 Å². The van der Waals surface area contributed by atoms with Crippen LogP contribution in [0.15, 0.2) is 59.1 Å². The monoisotopic (exact) mass is 470 g/mol. The first kappa shape index (κ1) is 19.9. The smallest absolute Gasteiger partial charge is 0.257 e. The summed E-state index contributed by atoms with van der Waals surface area (Å²) >= 11 is 9.49. The van der Waals surface area contributed by atoms with E-state index in [2.05, 4.69) is 36.3 Å². The van der Waals surface area contributed by atoms with Crippen molar-refractivity contribution in [2.75, 3.05) is 23.3 Å². The molecule has 1 saturated heterocycles. The molecule has 0 spiro atoms. The van der Waals surface area contributed by atoms with E-state index in [0.717, 1.165) is 34.6 Å². The molecule has 1 aliphatic heterocycles. The van der Waals surface area contributed by atoms with Crippen LogP contribution in [0.1, 0.15) is 29.6 Å². The zero-order chi connectivity index (χ0) is 20.2. The van der Waals surface area contributed by atoms with Gasteiger partial charge in [0.05, 0.1) is 16.3 Å². The summed E-state index contributed by atoms with van der Waals surface area (Å²) in [5.41, 5.74) is 2.86. The topological polar surface area (TPSA) is 58.1 Å². The van der Waals surface area contributed by atoms with Crippen LogP contribution in [0, 0.1) is 0 Å². The van der Waals surface area contributed by atoms with Gasteiger partial charge in [0, 0.05) is 28.8 Å². The highest BCUT2D eigenvalue weighted by Gasteiger charge is 2.13. The largest absolute Gasteiger partial charge is 0.355 e. The van der Waals surface area contributed by atoms with Gasteiger partial charge in [-0.2, -0.15) is 0 Å². The molecule has 0 atom stereocenters. The Labute approximate surface area is 183 Å². The zero-order valence-corrected chi connectivity index (χ0v) is 18.1. The number of carbonyl (C=O) groups is 1. The minimum absolute atomic E-state index is 0.255. The van der Waals surface area contributed by atoms with E-state index in [9.17, 15) is 4.79 Å². The van der Waals surface area contributed by atoms with Gasteiger partial charge in [0.25, 0.3) is 5.91 Å². The molecule has 3 aromatic rings. The molecule has 0 radical (unpaired) electrons. The maximum absolute atomic E-state index is 12.5. The Bertz CT molecular complexity index is 1000. The zero-order valence-electron chi connectivity index (χ0n) is 15.7. The van der Waals surface area contributed by atoms with Crippen molar-refractivity contribution >= 4 is 44.9 Å². The van der Waals surface area contributed by atoms with Crippen molar-refractivity contribution in [3.05, 3.63) is 69.7 Å². The molecular formula is C22H20BrClN4O. The third-order valence-electron chi connectivity index (χ3n) is 4.94. The van der Waals surface area contributed by atoms with E-state index in [1.54, 1.807) is 18.2 Å². The highest BCUT2D eigenvalue weighted by molar-refractivity contribution is 9.10. The van der Waals surface area contributed by atoms with Gasteiger partial charge in [-0.05, 0) is 61.7 Å². The summed E-state index contributed by atoms with van der Waals surface area (Å²) in [6.07, 6.45) is 3.71. The number of benzene rings is 2. The summed E-state index contributed by atoms with van der Waals surface area (Å²) in [4.78, 5) is 14.8. The average molecular weight is 472 g/mol. The van der Waals surface area contributed by atoms with Crippen LogP contribution in [0.3, 0.4) is 0 Å². The molecule has 2 heterocycles. The van der Waals surface area contributed by atoms with Crippen molar-refractivity contribution in [2.45, 2.75) is 19.3 Å². The number of aromatic nitrogens is 2. The van der Waals surface area contributed by atoms with Crippen molar-refractivity contribution in [3.63, 3.8) is 0 Å². The molecule has 5 nitrogen and oxygen atoms in total. The van der Waals surface area contributed by atoms with Gasteiger partial charge in [0.1, 0.15) is 0 Å². The predicted molar refractivity (Wildman–Crippen MR) is 121 cm³/mol. The Morgan fingerprint density at radius 2 is 1.72 bits per heavy atom. The Morgan fingerprint density at radius 3 is 2.41 bits per heavy atom. The highest BCUT2D eigenvalue weighted by atomic mass is 79.9. The number of amides is 1. The summed E-state index contributed by atoms with van der Waals surface area (Å²) < 4.78 is 0.800. The Balaban J connectivity index is 1.45. The molecular weight excluding hydrogens is 452 g/mol. The molecule has 1 aliphatic rings. The number of anilines is 2. The maximum atomic E-state index is 12.5. The lowest BCUT2D eigenvalue weighted by molar-refractivity contribution is 0.102. The summed E-state index contributed by atoms with van der Waals surface area (Å²) in [5, 5.41) is 12.1. The first-order chi connectivity index (χ1) is 14.1. The lowest BCUT2D eigenvalue weighted by atomic mass is 10.1. The van der Waals surface area contributed by atoms with Crippen LogP contribution in [0.5, 0.6) is 0 Å². The number of rotatable bonds is 4. The Kier molecular flexibility index (Phi) is 6.11. The van der Waals surface area contributed by atoms with E-state index in [1.165, 1.54) is 19.3 Å². The van der Waals surface area contributed by atoms with Crippen LogP contribution in [0.25, 0.3) is 11.3 Å². The highest BCUT2D eigenvalue weighted by Crippen LogP contribution is 2.24. The third kappa shape index (κ3) is 4.77. The second-order valence-electron chi connectivity index (χ2n) is 6.98. The van der Waals surface area contributed by atoms with Crippen LogP contribution in [-0.4, -0.2) is 29.2 Å². The van der Waals surface area contributed by atoms with Crippen molar-refractivity contribution in [2.24, 2.45) is 0 Å². The van der Waals surface area contributed by atoms with E-state index in [0.29, 0.717) is 16.3 Å². The van der Waals surface area contributed by atoms with E-state index < -0.39 is 0 Å². The van der Waals surface area contributed by atoms with Crippen molar-refractivity contribution in [3.8, 4) is 11.3 Å². The number of nitrogens with one attached hydrogen (secondary N) is 1. The van der Waals surface area contributed by atoms with Crippen molar-refractivity contribution < 1.29 is 4.79 Å². The minimum atomic E-state index is -0.255. The van der Waals surface area contributed by atoms with Gasteiger partial charge in [-0.1, -0.05) is 39.7 Å². The average Bonchev–Trinajstić information content (AvgIpc) is 2.77. The molecule has 1 fully saturated rings. The fourth-order valence-electron chi connectivity index (χ4n) is 3.37. The molecule has 148 valence electrons. The number of hydrogen-bond acceptors (Lipinski definition) is 4. The van der Waals surface area contributed by atoms with Crippen molar-refractivity contribution in [1.29, 1.82) is 0 Å². The molecule has 0 unspecified atom stereocenters. The van der Waals surface area contributed by atoms with Gasteiger partial charge in [0.2, 0.25) is 0 Å². The normalized spacial score (nSPS) is 13.9. The molecule has 7 heteroatoms. The quantitative estimate of drug-likeness (QED) is 0.522. The molecule has 2 aromatic carbocycles. The molecule has 29 heavy (non-hydrogen) atoms. The third-order valence-corrected chi connectivity index (χ3v) is 5.76.